The highest BCUT2D eigenvalue weighted by atomic mass is 16.5. The van der Waals surface area contributed by atoms with Gasteiger partial charge >= 0.3 is 0 Å². The SMILES string of the molecule is COCCOCCCNCC1(CCOC)CC1. The molecule has 17 heavy (non-hydrogen) atoms. The van der Waals surface area contributed by atoms with Crippen LogP contribution in [-0.2, 0) is 14.2 Å². The minimum atomic E-state index is 0.549. The molecule has 0 unspecified atom stereocenters. The van der Waals surface area contributed by atoms with E-state index in [2.05, 4.69) is 5.32 Å². The molecule has 1 aliphatic rings. The molecule has 4 heteroatoms. The zero-order chi connectivity index (χ0) is 12.4. The lowest BCUT2D eigenvalue weighted by molar-refractivity contribution is 0.0693. The monoisotopic (exact) mass is 245 g/mol. The summed E-state index contributed by atoms with van der Waals surface area (Å²) in [5, 5.41) is 3.52. The average molecular weight is 245 g/mol. The molecular weight excluding hydrogens is 218 g/mol. The topological polar surface area (TPSA) is 39.7 Å². The van der Waals surface area contributed by atoms with Crippen LogP contribution < -0.4 is 5.32 Å². The molecule has 0 atom stereocenters. The average Bonchev–Trinajstić information content (AvgIpc) is 3.11. The van der Waals surface area contributed by atoms with Gasteiger partial charge in [-0.3, -0.25) is 0 Å². The Labute approximate surface area is 105 Å². The predicted molar refractivity (Wildman–Crippen MR) is 68.3 cm³/mol. The smallest absolute Gasteiger partial charge is 0.0700 e. The van der Waals surface area contributed by atoms with Gasteiger partial charge in [-0.25, -0.2) is 0 Å². The standard InChI is InChI=1S/C13H27NO3/c1-15-9-6-13(4-5-13)12-14-7-3-8-17-11-10-16-2/h14H,3-12H2,1-2H3. The van der Waals surface area contributed by atoms with Gasteiger partial charge < -0.3 is 19.5 Å². The van der Waals surface area contributed by atoms with E-state index in [9.17, 15) is 0 Å². The van der Waals surface area contributed by atoms with Crippen LogP contribution in [0.2, 0.25) is 0 Å². The maximum atomic E-state index is 5.40. The predicted octanol–water partition coefficient (Wildman–Crippen LogP) is 1.45. The molecular formula is C13H27NO3. The van der Waals surface area contributed by atoms with E-state index >= 15 is 0 Å². The molecule has 1 saturated carbocycles. The fourth-order valence-electron chi connectivity index (χ4n) is 1.91. The van der Waals surface area contributed by atoms with Gasteiger partial charge in [0.2, 0.25) is 0 Å². The van der Waals surface area contributed by atoms with Crippen molar-refractivity contribution in [2.45, 2.75) is 25.7 Å². The first kappa shape index (κ1) is 14.9. The van der Waals surface area contributed by atoms with E-state index < -0.39 is 0 Å². The minimum absolute atomic E-state index is 0.549. The van der Waals surface area contributed by atoms with Gasteiger partial charge in [0.05, 0.1) is 13.2 Å². The number of ether oxygens (including phenoxy) is 3. The molecule has 0 radical (unpaired) electrons. The van der Waals surface area contributed by atoms with Crippen LogP contribution in [0.3, 0.4) is 0 Å². The molecule has 0 amide bonds. The van der Waals surface area contributed by atoms with Gasteiger partial charge in [-0.2, -0.15) is 0 Å². The lowest BCUT2D eigenvalue weighted by atomic mass is 10.0. The van der Waals surface area contributed by atoms with Crippen molar-refractivity contribution in [1.82, 2.24) is 5.32 Å². The van der Waals surface area contributed by atoms with Crippen molar-refractivity contribution < 1.29 is 14.2 Å². The molecule has 0 heterocycles. The van der Waals surface area contributed by atoms with Gasteiger partial charge in [-0.05, 0) is 37.6 Å². The molecule has 0 aromatic rings. The van der Waals surface area contributed by atoms with E-state index in [1.54, 1.807) is 14.2 Å². The summed E-state index contributed by atoms with van der Waals surface area (Å²) in [5.74, 6) is 0. The normalized spacial score (nSPS) is 17.3. The first-order valence-corrected chi connectivity index (χ1v) is 6.59. The van der Waals surface area contributed by atoms with E-state index in [1.165, 1.54) is 19.3 Å². The largest absolute Gasteiger partial charge is 0.385 e. The maximum Gasteiger partial charge on any atom is 0.0700 e. The minimum Gasteiger partial charge on any atom is -0.385 e. The van der Waals surface area contributed by atoms with E-state index in [4.69, 9.17) is 14.2 Å². The highest BCUT2D eigenvalue weighted by Gasteiger charge is 2.41. The number of methoxy groups -OCH3 is 2. The first-order valence-electron chi connectivity index (χ1n) is 6.59. The molecule has 0 aromatic carbocycles. The second kappa shape index (κ2) is 8.86. The van der Waals surface area contributed by atoms with Crippen LogP contribution in [-0.4, -0.2) is 53.7 Å². The molecule has 1 rings (SSSR count). The summed E-state index contributed by atoms with van der Waals surface area (Å²) >= 11 is 0. The molecule has 0 aromatic heterocycles. The molecule has 102 valence electrons. The Morgan fingerprint density at radius 1 is 1.00 bits per heavy atom. The van der Waals surface area contributed by atoms with Crippen LogP contribution in [0.4, 0.5) is 0 Å². The van der Waals surface area contributed by atoms with Crippen LogP contribution in [0, 0.1) is 5.41 Å². The first-order chi connectivity index (χ1) is 8.33. The Hall–Kier alpha value is -0.160. The van der Waals surface area contributed by atoms with Gasteiger partial charge in [0.25, 0.3) is 0 Å². The summed E-state index contributed by atoms with van der Waals surface area (Å²) in [6.07, 6.45) is 4.98. The Bertz CT molecular complexity index is 184. The number of nitrogens with one attached hydrogen (secondary N) is 1. The van der Waals surface area contributed by atoms with Crippen molar-refractivity contribution in [2.75, 3.05) is 53.7 Å². The van der Waals surface area contributed by atoms with E-state index in [0.717, 1.165) is 32.7 Å². The van der Waals surface area contributed by atoms with Crippen LogP contribution in [0.1, 0.15) is 25.7 Å². The van der Waals surface area contributed by atoms with E-state index in [0.29, 0.717) is 18.6 Å². The second-order valence-electron chi connectivity index (χ2n) is 4.88. The third-order valence-electron chi connectivity index (χ3n) is 3.37. The summed E-state index contributed by atoms with van der Waals surface area (Å²) in [6, 6.07) is 0. The van der Waals surface area contributed by atoms with Gasteiger partial charge in [0, 0.05) is 34.0 Å². The quantitative estimate of drug-likeness (QED) is 0.528. The van der Waals surface area contributed by atoms with Crippen molar-refractivity contribution in [3.05, 3.63) is 0 Å². The van der Waals surface area contributed by atoms with Gasteiger partial charge in [0.1, 0.15) is 0 Å². The van der Waals surface area contributed by atoms with Crippen molar-refractivity contribution in [3.63, 3.8) is 0 Å². The summed E-state index contributed by atoms with van der Waals surface area (Å²) in [5.41, 5.74) is 0.549. The molecule has 0 aliphatic heterocycles. The van der Waals surface area contributed by atoms with Crippen molar-refractivity contribution in [3.8, 4) is 0 Å². The molecule has 1 aliphatic carbocycles. The van der Waals surface area contributed by atoms with Crippen molar-refractivity contribution in [1.29, 1.82) is 0 Å². The summed E-state index contributed by atoms with van der Waals surface area (Å²) in [7, 11) is 3.47. The Morgan fingerprint density at radius 2 is 1.76 bits per heavy atom. The van der Waals surface area contributed by atoms with Gasteiger partial charge in [-0.15, -0.1) is 0 Å². The summed E-state index contributed by atoms with van der Waals surface area (Å²) < 4.78 is 15.4. The van der Waals surface area contributed by atoms with Crippen LogP contribution in [0.25, 0.3) is 0 Å². The highest BCUT2D eigenvalue weighted by molar-refractivity contribution is 4.94. The zero-order valence-corrected chi connectivity index (χ0v) is 11.3. The van der Waals surface area contributed by atoms with Gasteiger partial charge in [0.15, 0.2) is 0 Å². The van der Waals surface area contributed by atoms with Crippen LogP contribution in [0.5, 0.6) is 0 Å². The second-order valence-corrected chi connectivity index (χ2v) is 4.88. The summed E-state index contributed by atoms with van der Waals surface area (Å²) in [6.45, 7) is 5.28. The number of hydrogen-bond acceptors (Lipinski definition) is 4. The molecule has 0 saturated heterocycles. The molecule has 1 N–H and O–H groups in total. The molecule has 4 nitrogen and oxygen atoms in total. The lowest BCUT2D eigenvalue weighted by Gasteiger charge is -2.15. The lowest BCUT2D eigenvalue weighted by Crippen LogP contribution is -2.26. The Morgan fingerprint density at radius 3 is 2.41 bits per heavy atom. The fourth-order valence-corrected chi connectivity index (χ4v) is 1.91. The number of hydrogen-bond donors (Lipinski definition) is 1. The molecule has 0 bridgehead atoms. The Balaban J connectivity index is 1.84. The summed E-state index contributed by atoms with van der Waals surface area (Å²) in [4.78, 5) is 0. The zero-order valence-electron chi connectivity index (χ0n) is 11.3. The van der Waals surface area contributed by atoms with Crippen LogP contribution in [0.15, 0.2) is 0 Å². The highest BCUT2D eigenvalue weighted by Crippen LogP contribution is 2.48. The third kappa shape index (κ3) is 6.99. The maximum absolute atomic E-state index is 5.40. The van der Waals surface area contributed by atoms with Crippen LogP contribution >= 0.6 is 0 Å². The fraction of sp³-hybridized carbons (Fsp3) is 1.00. The van der Waals surface area contributed by atoms with Gasteiger partial charge in [-0.1, -0.05) is 0 Å². The molecule has 0 spiro atoms. The van der Waals surface area contributed by atoms with Crippen molar-refractivity contribution >= 4 is 0 Å². The molecule has 1 fully saturated rings. The van der Waals surface area contributed by atoms with E-state index in [1.807, 2.05) is 0 Å². The number of rotatable bonds is 12. The van der Waals surface area contributed by atoms with E-state index in [-0.39, 0.29) is 0 Å². The van der Waals surface area contributed by atoms with Crippen molar-refractivity contribution in [2.24, 2.45) is 5.41 Å². The third-order valence-corrected chi connectivity index (χ3v) is 3.37. The Kier molecular flexibility index (Phi) is 7.77.